The monoisotopic (exact) mass is 344 g/mol. The Morgan fingerprint density at radius 3 is 3.21 bits per heavy atom. The van der Waals surface area contributed by atoms with Gasteiger partial charge >= 0.3 is 0 Å². The van der Waals surface area contributed by atoms with Gasteiger partial charge in [-0.3, -0.25) is 14.7 Å². The number of thiophene rings is 1. The second kappa shape index (κ2) is 6.96. The van der Waals surface area contributed by atoms with Gasteiger partial charge in [0.05, 0.1) is 18.2 Å². The van der Waals surface area contributed by atoms with E-state index in [-0.39, 0.29) is 17.9 Å². The molecule has 0 spiro atoms. The molecule has 0 saturated carbocycles. The lowest BCUT2D eigenvalue weighted by atomic mass is 9.89. The average Bonchev–Trinajstić information content (AvgIpc) is 3.27. The highest BCUT2D eigenvalue weighted by Gasteiger charge is 2.42. The minimum absolute atomic E-state index is 0.000214. The molecule has 0 radical (unpaired) electrons. The minimum atomic E-state index is -0.0926. The molecule has 2 aliphatic heterocycles. The Balaban J connectivity index is 1.46. The Morgan fingerprint density at radius 2 is 2.42 bits per heavy atom. The van der Waals surface area contributed by atoms with E-state index in [0.717, 1.165) is 32.5 Å². The first-order valence-electron chi connectivity index (χ1n) is 8.23. The molecule has 4 heterocycles. The molecule has 6 nitrogen and oxygen atoms in total. The number of aromatic nitrogens is 2. The van der Waals surface area contributed by atoms with E-state index in [4.69, 9.17) is 4.74 Å². The summed E-state index contributed by atoms with van der Waals surface area (Å²) < 4.78 is 5.89. The summed E-state index contributed by atoms with van der Waals surface area (Å²) in [4.78, 5) is 23.2. The number of nitrogens with zero attached hydrogens (tertiary/aromatic N) is 3. The van der Waals surface area contributed by atoms with E-state index < -0.39 is 0 Å². The van der Waals surface area contributed by atoms with E-state index >= 15 is 0 Å². The largest absolute Gasteiger partial charge is 0.377 e. The Labute approximate surface area is 144 Å². The third-order valence-electron chi connectivity index (χ3n) is 4.77. The highest BCUT2D eigenvalue weighted by atomic mass is 32.1. The number of carbonyl (C=O) groups excluding carboxylic acids is 1. The number of anilines is 1. The van der Waals surface area contributed by atoms with Gasteiger partial charge in [-0.05, 0) is 35.2 Å². The number of ether oxygens (including phenoxy) is 1. The summed E-state index contributed by atoms with van der Waals surface area (Å²) in [5.74, 6) is 0.408. The molecule has 2 fully saturated rings. The van der Waals surface area contributed by atoms with E-state index in [1.54, 1.807) is 29.9 Å². The van der Waals surface area contributed by atoms with Crippen molar-refractivity contribution in [2.75, 3.05) is 18.5 Å². The van der Waals surface area contributed by atoms with Crippen LogP contribution in [0.4, 0.5) is 5.82 Å². The Morgan fingerprint density at radius 1 is 1.46 bits per heavy atom. The van der Waals surface area contributed by atoms with Crippen molar-refractivity contribution >= 4 is 23.1 Å². The van der Waals surface area contributed by atoms with Crippen LogP contribution < -0.4 is 5.32 Å². The molecule has 126 valence electrons. The van der Waals surface area contributed by atoms with Gasteiger partial charge in [0.1, 0.15) is 0 Å². The second-order valence-corrected chi connectivity index (χ2v) is 7.12. The predicted molar refractivity (Wildman–Crippen MR) is 91.6 cm³/mol. The number of likely N-dealkylation sites (tertiary alicyclic amines) is 1. The lowest BCUT2D eigenvalue weighted by molar-refractivity contribution is -0.124. The normalized spacial score (nSPS) is 26.9. The summed E-state index contributed by atoms with van der Waals surface area (Å²) in [5, 5.41) is 7.15. The van der Waals surface area contributed by atoms with Crippen LogP contribution in [0.3, 0.4) is 0 Å². The lowest BCUT2D eigenvalue weighted by Gasteiger charge is -2.40. The standard InChI is InChI=1S/C17H20N4O2S/c22-17(20-16-8-18-3-4-19-16)13-7-15-14(1-5-23-15)21(10-13)9-12-2-6-24-11-12/h2-4,6,8,11,13-15H,1,5,7,9-10H2,(H,19,20,22)/t13-,14+,15+/m1/s1. The van der Waals surface area contributed by atoms with Gasteiger partial charge in [0.15, 0.2) is 5.82 Å². The molecule has 0 aromatic carbocycles. The molecule has 2 saturated heterocycles. The summed E-state index contributed by atoms with van der Waals surface area (Å²) in [6, 6.07) is 2.57. The molecule has 0 unspecified atom stereocenters. The second-order valence-electron chi connectivity index (χ2n) is 6.34. The topological polar surface area (TPSA) is 67.3 Å². The van der Waals surface area contributed by atoms with Gasteiger partial charge in [-0.15, -0.1) is 0 Å². The quantitative estimate of drug-likeness (QED) is 0.920. The number of rotatable bonds is 4. The number of piperidine rings is 1. The predicted octanol–water partition coefficient (Wildman–Crippen LogP) is 2.16. The van der Waals surface area contributed by atoms with Crippen LogP contribution in [0.5, 0.6) is 0 Å². The number of hydrogen-bond acceptors (Lipinski definition) is 6. The maximum Gasteiger partial charge on any atom is 0.230 e. The first kappa shape index (κ1) is 15.7. The van der Waals surface area contributed by atoms with Gasteiger partial charge in [0, 0.05) is 38.1 Å². The fraction of sp³-hybridized carbons (Fsp3) is 0.471. The Bertz CT molecular complexity index is 679. The SMILES string of the molecule is O=C(Nc1cnccn1)[C@@H]1C[C@@H]2OCC[C@@H]2N(Cc2ccsc2)C1. The van der Waals surface area contributed by atoms with Crippen molar-refractivity contribution in [3.8, 4) is 0 Å². The third-order valence-corrected chi connectivity index (χ3v) is 5.50. The molecule has 4 rings (SSSR count). The van der Waals surface area contributed by atoms with Crippen molar-refractivity contribution in [3.05, 3.63) is 41.0 Å². The van der Waals surface area contributed by atoms with Crippen molar-refractivity contribution in [2.45, 2.75) is 31.5 Å². The van der Waals surface area contributed by atoms with E-state index in [1.165, 1.54) is 5.56 Å². The van der Waals surface area contributed by atoms with E-state index in [1.807, 2.05) is 0 Å². The fourth-order valence-electron chi connectivity index (χ4n) is 3.63. The Hall–Kier alpha value is -1.83. The van der Waals surface area contributed by atoms with Crippen LogP contribution in [0.1, 0.15) is 18.4 Å². The lowest BCUT2D eigenvalue weighted by Crippen LogP contribution is -2.51. The summed E-state index contributed by atoms with van der Waals surface area (Å²) in [6.07, 6.45) is 6.71. The number of hydrogen-bond donors (Lipinski definition) is 1. The summed E-state index contributed by atoms with van der Waals surface area (Å²) >= 11 is 1.71. The van der Waals surface area contributed by atoms with Crippen LogP contribution in [-0.4, -0.2) is 46.1 Å². The molecule has 7 heteroatoms. The molecule has 1 amide bonds. The summed E-state index contributed by atoms with van der Waals surface area (Å²) in [5.41, 5.74) is 1.31. The molecule has 1 N–H and O–H groups in total. The van der Waals surface area contributed by atoms with Gasteiger partial charge in [0.25, 0.3) is 0 Å². The zero-order chi connectivity index (χ0) is 16.4. The molecular formula is C17H20N4O2S. The number of carbonyl (C=O) groups is 1. The summed E-state index contributed by atoms with van der Waals surface area (Å²) in [6.45, 7) is 2.42. The zero-order valence-corrected chi connectivity index (χ0v) is 14.1. The van der Waals surface area contributed by atoms with Crippen LogP contribution in [0.2, 0.25) is 0 Å². The molecule has 3 atom stereocenters. The molecular weight excluding hydrogens is 324 g/mol. The maximum atomic E-state index is 12.6. The van der Waals surface area contributed by atoms with E-state index in [0.29, 0.717) is 11.9 Å². The molecule has 0 aliphatic carbocycles. The summed E-state index contributed by atoms with van der Waals surface area (Å²) in [7, 11) is 0. The molecule has 0 bridgehead atoms. The van der Waals surface area contributed by atoms with Crippen molar-refractivity contribution in [2.24, 2.45) is 5.92 Å². The highest BCUT2D eigenvalue weighted by Crippen LogP contribution is 2.33. The molecule has 24 heavy (non-hydrogen) atoms. The van der Waals surface area contributed by atoms with Gasteiger partial charge in [-0.1, -0.05) is 0 Å². The zero-order valence-electron chi connectivity index (χ0n) is 13.3. The number of nitrogens with one attached hydrogen (secondary N) is 1. The first-order chi connectivity index (χ1) is 11.8. The molecule has 2 aliphatic rings. The maximum absolute atomic E-state index is 12.6. The molecule has 2 aromatic rings. The highest BCUT2D eigenvalue weighted by molar-refractivity contribution is 7.07. The minimum Gasteiger partial charge on any atom is -0.377 e. The van der Waals surface area contributed by atoms with Gasteiger partial charge in [-0.25, -0.2) is 4.98 Å². The van der Waals surface area contributed by atoms with Crippen molar-refractivity contribution in [1.29, 1.82) is 0 Å². The fourth-order valence-corrected chi connectivity index (χ4v) is 4.29. The van der Waals surface area contributed by atoms with Crippen molar-refractivity contribution in [1.82, 2.24) is 14.9 Å². The van der Waals surface area contributed by atoms with Crippen LogP contribution in [0.15, 0.2) is 35.4 Å². The first-order valence-corrected chi connectivity index (χ1v) is 9.17. The smallest absolute Gasteiger partial charge is 0.230 e. The van der Waals surface area contributed by atoms with E-state index in [9.17, 15) is 4.79 Å². The van der Waals surface area contributed by atoms with Gasteiger partial charge in [0.2, 0.25) is 5.91 Å². The molecule has 2 aromatic heterocycles. The van der Waals surface area contributed by atoms with Crippen LogP contribution in [0.25, 0.3) is 0 Å². The van der Waals surface area contributed by atoms with Crippen molar-refractivity contribution < 1.29 is 9.53 Å². The third kappa shape index (κ3) is 3.33. The number of amides is 1. The van der Waals surface area contributed by atoms with Crippen LogP contribution in [0, 0.1) is 5.92 Å². The van der Waals surface area contributed by atoms with Gasteiger partial charge in [-0.2, -0.15) is 11.3 Å². The van der Waals surface area contributed by atoms with E-state index in [2.05, 4.69) is 37.0 Å². The Kier molecular flexibility index (Phi) is 4.55. The van der Waals surface area contributed by atoms with Gasteiger partial charge < -0.3 is 10.1 Å². The van der Waals surface area contributed by atoms with Crippen LogP contribution >= 0.6 is 11.3 Å². The number of fused-ring (bicyclic) bond motifs is 1. The average molecular weight is 344 g/mol. The van der Waals surface area contributed by atoms with Crippen LogP contribution in [-0.2, 0) is 16.1 Å². The van der Waals surface area contributed by atoms with Crippen molar-refractivity contribution in [3.63, 3.8) is 0 Å².